The number of likely N-dealkylation sites (N-methyl/N-ethyl adjacent to an activating group) is 3. The van der Waals surface area contributed by atoms with Gasteiger partial charge in [0.25, 0.3) is 0 Å². The van der Waals surface area contributed by atoms with Gasteiger partial charge in [0.2, 0.25) is 23.6 Å². The molecule has 52 heavy (non-hydrogen) atoms. The molecule has 10 nitrogen and oxygen atoms in total. The second kappa shape index (κ2) is 21.3. The molecule has 1 heterocycles. The molecule has 1 saturated heterocycles. The molecule has 8 atom stereocenters. The lowest BCUT2D eigenvalue weighted by Crippen LogP contribution is -2.59. The van der Waals surface area contributed by atoms with E-state index in [2.05, 4.69) is 50.4 Å². The Balaban J connectivity index is 2.24. The minimum Gasteiger partial charge on any atom is -0.379 e. The summed E-state index contributed by atoms with van der Waals surface area (Å²) in [6, 6.07) is 6.84. The van der Waals surface area contributed by atoms with Gasteiger partial charge in [-0.25, -0.2) is 0 Å². The van der Waals surface area contributed by atoms with Gasteiger partial charge in [0.15, 0.2) is 0 Å². The van der Waals surface area contributed by atoms with Gasteiger partial charge in [0.05, 0.1) is 24.6 Å². The molecule has 0 spiro atoms. The van der Waals surface area contributed by atoms with Crippen LogP contribution in [0.15, 0.2) is 24.3 Å². The number of rotatable bonds is 20. The molecule has 0 aliphatic carbocycles. The van der Waals surface area contributed by atoms with Crippen molar-refractivity contribution in [1.82, 2.24) is 24.9 Å². The molecule has 1 N–H and O–H groups in total. The predicted molar refractivity (Wildman–Crippen MR) is 214 cm³/mol. The molecule has 0 bridgehead atoms. The zero-order valence-electron chi connectivity index (χ0n) is 34.8. The van der Waals surface area contributed by atoms with Gasteiger partial charge >= 0.3 is 0 Å². The summed E-state index contributed by atoms with van der Waals surface area (Å²) in [6.45, 7) is 17.4. The van der Waals surface area contributed by atoms with E-state index >= 15 is 0 Å². The fraction of sp³-hybridized carbons (Fsp3) is 0.756. The SMILES string of the molecule is CC[C@H](C)[C@@H]([C@@H](CC(=O)N1CCC[C@H]1[C@H](SC)[C@@H](C)C(=O)N(C)CCc1cccc(C)c1)OC)N(C)C(=O)[C@@H](NC(=O)[C@H](C(C)C)N(C)C)C(C)C. The third kappa shape index (κ3) is 11.9. The van der Waals surface area contributed by atoms with Gasteiger partial charge in [-0.15, -0.1) is 0 Å². The quantitative estimate of drug-likeness (QED) is 0.192. The molecule has 0 radical (unpaired) electrons. The maximum Gasteiger partial charge on any atom is 0.245 e. The molecule has 1 fully saturated rings. The Morgan fingerprint density at radius 3 is 2.17 bits per heavy atom. The molecular weight excluding hydrogens is 675 g/mol. The molecule has 0 unspecified atom stereocenters. The van der Waals surface area contributed by atoms with E-state index in [4.69, 9.17) is 4.74 Å². The van der Waals surface area contributed by atoms with Gasteiger partial charge in [-0.3, -0.25) is 24.1 Å². The van der Waals surface area contributed by atoms with Gasteiger partial charge in [0, 0.05) is 51.5 Å². The van der Waals surface area contributed by atoms with Gasteiger partial charge in [-0.2, -0.15) is 11.8 Å². The van der Waals surface area contributed by atoms with Gasteiger partial charge in [-0.05, 0) is 69.9 Å². The van der Waals surface area contributed by atoms with Crippen LogP contribution in [-0.4, -0.2) is 133 Å². The molecule has 1 aliphatic rings. The van der Waals surface area contributed by atoms with Crippen LogP contribution in [0.4, 0.5) is 0 Å². The summed E-state index contributed by atoms with van der Waals surface area (Å²) in [5.41, 5.74) is 2.42. The van der Waals surface area contributed by atoms with E-state index in [-0.39, 0.29) is 77.1 Å². The molecule has 2 rings (SSSR count). The number of ether oxygens (including phenoxy) is 1. The Bertz CT molecular complexity index is 1300. The van der Waals surface area contributed by atoms with Crippen molar-refractivity contribution >= 4 is 35.4 Å². The lowest BCUT2D eigenvalue weighted by atomic mass is 9.89. The van der Waals surface area contributed by atoms with E-state index in [1.54, 1.807) is 30.8 Å². The van der Waals surface area contributed by atoms with Gasteiger partial charge in [-0.1, -0.05) is 84.7 Å². The first kappa shape index (κ1) is 45.5. The van der Waals surface area contributed by atoms with Crippen LogP contribution >= 0.6 is 11.8 Å². The summed E-state index contributed by atoms with van der Waals surface area (Å²) >= 11 is 1.66. The molecule has 1 aromatic rings. The Labute approximate surface area is 320 Å². The summed E-state index contributed by atoms with van der Waals surface area (Å²) < 4.78 is 6.07. The van der Waals surface area contributed by atoms with E-state index in [0.29, 0.717) is 13.1 Å². The first-order valence-electron chi connectivity index (χ1n) is 19.3. The molecule has 11 heteroatoms. The largest absolute Gasteiger partial charge is 0.379 e. The lowest BCUT2D eigenvalue weighted by Gasteiger charge is -2.41. The second-order valence-electron chi connectivity index (χ2n) is 16.0. The summed E-state index contributed by atoms with van der Waals surface area (Å²) in [6.07, 6.45) is 4.89. The lowest BCUT2D eigenvalue weighted by molar-refractivity contribution is -0.146. The number of methoxy groups -OCH3 is 1. The molecular formula is C41H71N5O5S. The highest BCUT2D eigenvalue weighted by molar-refractivity contribution is 7.99. The van der Waals surface area contributed by atoms with E-state index in [1.807, 2.05) is 76.7 Å². The average molecular weight is 746 g/mol. The van der Waals surface area contributed by atoms with Crippen LogP contribution in [0, 0.1) is 30.6 Å². The van der Waals surface area contributed by atoms with Gasteiger partial charge < -0.3 is 24.8 Å². The number of benzene rings is 1. The predicted octanol–water partition coefficient (Wildman–Crippen LogP) is 5.36. The van der Waals surface area contributed by atoms with Crippen LogP contribution in [-0.2, 0) is 30.3 Å². The molecule has 0 saturated carbocycles. The standard InChI is InChI=1S/C41H71N5O5S/c1-15-29(7)37(45(12)41(50)35(26(2)3)42-39(48)36(27(4)5)43(9)10)33(51-13)25-34(47)46-22-17-20-32(46)38(52-14)30(8)40(49)44(11)23-21-31-19-16-18-28(6)24-31/h16,18-19,24,26-27,29-30,32-33,35-38H,15,17,20-23,25H2,1-14H3,(H,42,48)/t29-,30+,32-,33+,35-,36-,37-,38+/m0/s1. The van der Waals surface area contributed by atoms with Crippen LogP contribution in [0.2, 0.25) is 0 Å². The Hall–Kier alpha value is -2.63. The second-order valence-corrected chi connectivity index (χ2v) is 17.0. The number of nitrogens with zero attached hydrogens (tertiary/aromatic N) is 4. The minimum absolute atomic E-state index is 0.0190. The Kier molecular flexibility index (Phi) is 18.7. The van der Waals surface area contributed by atoms with Crippen molar-refractivity contribution in [2.75, 3.05) is 54.6 Å². The Morgan fingerprint density at radius 2 is 1.65 bits per heavy atom. The highest BCUT2D eigenvalue weighted by Gasteiger charge is 2.43. The zero-order chi connectivity index (χ0) is 39.4. The number of aryl methyl sites for hydroxylation is 1. The molecule has 1 aromatic carbocycles. The first-order valence-corrected chi connectivity index (χ1v) is 20.6. The van der Waals surface area contributed by atoms with Crippen LogP contribution in [0.1, 0.15) is 85.3 Å². The van der Waals surface area contributed by atoms with Crippen molar-refractivity contribution in [3.8, 4) is 0 Å². The maximum atomic E-state index is 14.2. The monoisotopic (exact) mass is 746 g/mol. The highest BCUT2D eigenvalue weighted by atomic mass is 32.2. The molecule has 296 valence electrons. The molecule has 4 amide bonds. The number of carbonyl (C=O) groups is 4. The third-order valence-corrected chi connectivity index (χ3v) is 12.4. The summed E-state index contributed by atoms with van der Waals surface area (Å²) in [5, 5.41) is 3.01. The highest BCUT2D eigenvalue weighted by Crippen LogP contribution is 2.34. The normalized spacial score (nSPS) is 18.9. The van der Waals surface area contributed by atoms with E-state index in [1.165, 1.54) is 11.1 Å². The van der Waals surface area contributed by atoms with Crippen LogP contribution < -0.4 is 5.32 Å². The zero-order valence-corrected chi connectivity index (χ0v) is 35.6. The average Bonchev–Trinajstić information content (AvgIpc) is 3.57. The Morgan fingerprint density at radius 1 is 1.00 bits per heavy atom. The number of amides is 4. The minimum atomic E-state index is -0.724. The van der Waals surface area contributed by atoms with Crippen molar-refractivity contribution in [2.24, 2.45) is 23.7 Å². The fourth-order valence-corrected chi connectivity index (χ4v) is 9.15. The number of likely N-dealkylation sites (tertiary alicyclic amines) is 1. The number of thioether (sulfide) groups is 1. The summed E-state index contributed by atoms with van der Waals surface area (Å²) in [5.74, 6) is -0.604. The number of hydrogen-bond donors (Lipinski definition) is 1. The van der Waals surface area contributed by atoms with Crippen LogP contribution in [0.3, 0.4) is 0 Å². The van der Waals surface area contributed by atoms with Crippen LogP contribution in [0.25, 0.3) is 0 Å². The number of carbonyl (C=O) groups excluding carboxylic acids is 4. The number of nitrogens with one attached hydrogen (secondary N) is 1. The van der Waals surface area contributed by atoms with Crippen molar-refractivity contribution in [3.63, 3.8) is 0 Å². The topological polar surface area (TPSA) is 103 Å². The fourth-order valence-electron chi connectivity index (χ4n) is 8.02. The number of hydrogen-bond acceptors (Lipinski definition) is 7. The van der Waals surface area contributed by atoms with Gasteiger partial charge in [0.1, 0.15) is 6.04 Å². The van der Waals surface area contributed by atoms with E-state index in [9.17, 15) is 19.2 Å². The third-order valence-electron chi connectivity index (χ3n) is 11.1. The molecule has 0 aromatic heterocycles. The van der Waals surface area contributed by atoms with Crippen molar-refractivity contribution in [1.29, 1.82) is 0 Å². The van der Waals surface area contributed by atoms with Crippen LogP contribution in [0.5, 0.6) is 0 Å². The van der Waals surface area contributed by atoms with E-state index in [0.717, 1.165) is 25.7 Å². The smallest absolute Gasteiger partial charge is 0.245 e. The first-order chi connectivity index (χ1) is 24.4. The van der Waals surface area contributed by atoms with Crippen molar-refractivity contribution in [3.05, 3.63) is 35.4 Å². The van der Waals surface area contributed by atoms with Crippen molar-refractivity contribution in [2.45, 2.75) is 123 Å². The maximum absolute atomic E-state index is 14.2. The summed E-state index contributed by atoms with van der Waals surface area (Å²) in [4.78, 5) is 63.0. The molecule has 1 aliphatic heterocycles. The summed E-state index contributed by atoms with van der Waals surface area (Å²) in [7, 11) is 9.00. The van der Waals surface area contributed by atoms with E-state index < -0.39 is 12.1 Å². The van der Waals surface area contributed by atoms with Crippen molar-refractivity contribution < 1.29 is 23.9 Å².